The van der Waals surface area contributed by atoms with E-state index in [4.69, 9.17) is 9.47 Å². The summed E-state index contributed by atoms with van der Waals surface area (Å²) >= 11 is 1.35. The summed E-state index contributed by atoms with van der Waals surface area (Å²) in [5, 5.41) is 5.42. The number of benzene rings is 2. The molecule has 1 aliphatic rings. The van der Waals surface area contributed by atoms with Gasteiger partial charge in [0.15, 0.2) is 0 Å². The van der Waals surface area contributed by atoms with Crippen LogP contribution in [0, 0.1) is 0 Å². The molecule has 4 rings (SSSR count). The topological polar surface area (TPSA) is 71.1 Å². The molecule has 0 bridgehead atoms. The monoisotopic (exact) mass is 493 g/mol. The molecule has 1 unspecified atom stereocenters. The zero-order valence-corrected chi connectivity index (χ0v) is 21.1. The number of hydrogen-bond acceptors (Lipinski definition) is 7. The van der Waals surface area contributed by atoms with E-state index in [9.17, 15) is 9.59 Å². The molecule has 0 saturated carbocycles. The van der Waals surface area contributed by atoms with Crippen molar-refractivity contribution in [3.8, 4) is 16.9 Å². The highest BCUT2D eigenvalue weighted by molar-refractivity contribution is 7.15. The van der Waals surface area contributed by atoms with Gasteiger partial charge in [0.1, 0.15) is 16.3 Å². The van der Waals surface area contributed by atoms with Crippen LogP contribution in [0.1, 0.15) is 24.2 Å². The minimum atomic E-state index is -0.427. The van der Waals surface area contributed by atoms with Gasteiger partial charge in [0.05, 0.1) is 19.8 Å². The predicted molar refractivity (Wildman–Crippen MR) is 141 cm³/mol. The van der Waals surface area contributed by atoms with Gasteiger partial charge in [-0.2, -0.15) is 0 Å². The van der Waals surface area contributed by atoms with Crippen LogP contribution in [-0.2, 0) is 9.53 Å². The van der Waals surface area contributed by atoms with Crippen LogP contribution in [0.4, 0.5) is 10.7 Å². The van der Waals surface area contributed by atoms with Gasteiger partial charge in [-0.05, 0) is 43.7 Å². The molecule has 8 heteroatoms. The summed E-state index contributed by atoms with van der Waals surface area (Å²) in [6, 6.07) is 17.4. The van der Waals surface area contributed by atoms with Crippen LogP contribution in [0.15, 0.2) is 60.0 Å². The summed E-state index contributed by atoms with van der Waals surface area (Å²) in [4.78, 5) is 30.5. The molecule has 1 N–H and O–H groups in total. The smallest absolute Gasteiger partial charge is 0.341 e. The maximum Gasteiger partial charge on any atom is 0.341 e. The predicted octanol–water partition coefficient (Wildman–Crippen LogP) is 4.75. The normalized spacial score (nSPS) is 14.9. The third kappa shape index (κ3) is 5.66. The summed E-state index contributed by atoms with van der Waals surface area (Å²) in [6.07, 6.45) is 0. The number of rotatable bonds is 8. The Balaban J connectivity index is 1.43. The van der Waals surface area contributed by atoms with Crippen molar-refractivity contribution in [1.29, 1.82) is 0 Å². The van der Waals surface area contributed by atoms with E-state index < -0.39 is 5.97 Å². The Morgan fingerprint density at radius 1 is 1.03 bits per heavy atom. The number of methoxy groups -OCH3 is 1. The lowest BCUT2D eigenvalue weighted by Crippen LogP contribution is -2.52. The highest BCUT2D eigenvalue weighted by atomic mass is 32.1. The Labute approximate surface area is 210 Å². The molecular formula is C27H31N3O4S. The van der Waals surface area contributed by atoms with Crippen LogP contribution in [-0.4, -0.2) is 62.7 Å². The molecule has 184 valence electrons. The highest BCUT2D eigenvalue weighted by Gasteiger charge is 2.28. The van der Waals surface area contributed by atoms with Crippen LogP contribution in [0.3, 0.4) is 0 Å². The summed E-state index contributed by atoms with van der Waals surface area (Å²) in [6.45, 7) is 7.15. The standard InChI is InChI=1S/C27H31N3O4S/c1-4-34-27(32)24-23(20-8-6-5-7-9-20)18-35-26(24)28-25(31)19(2)29-14-16-30(17-15-29)21-10-12-22(33-3)13-11-21/h5-13,18-19H,4,14-17H2,1-3H3,(H,28,31). The van der Waals surface area contributed by atoms with Crippen molar-refractivity contribution in [3.05, 3.63) is 65.5 Å². The van der Waals surface area contributed by atoms with E-state index in [2.05, 4.69) is 27.2 Å². The Morgan fingerprint density at radius 3 is 2.34 bits per heavy atom. The number of piperazine rings is 1. The molecule has 1 atom stereocenters. The number of ether oxygens (including phenoxy) is 2. The largest absolute Gasteiger partial charge is 0.497 e. The van der Waals surface area contributed by atoms with Crippen LogP contribution in [0.25, 0.3) is 11.1 Å². The van der Waals surface area contributed by atoms with E-state index in [1.54, 1.807) is 14.0 Å². The molecule has 0 aliphatic carbocycles. The summed E-state index contributed by atoms with van der Waals surface area (Å²) in [5.41, 5.74) is 3.24. The van der Waals surface area contributed by atoms with Crippen molar-refractivity contribution in [1.82, 2.24) is 4.90 Å². The second kappa shape index (κ2) is 11.4. The number of esters is 1. The van der Waals surface area contributed by atoms with E-state index in [-0.39, 0.29) is 18.6 Å². The second-order valence-electron chi connectivity index (χ2n) is 8.33. The zero-order chi connectivity index (χ0) is 24.8. The lowest BCUT2D eigenvalue weighted by Gasteiger charge is -2.38. The van der Waals surface area contributed by atoms with Gasteiger partial charge in [-0.15, -0.1) is 11.3 Å². The molecule has 1 aliphatic heterocycles. The fourth-order valence-electron chi connectivity index (χ4n) is 4.23. The van der Waals surface area contributed by atoms with Crippen LogP contribution in [0.2, 0.25) is 0 Å². The summed E-state index contributed by atoms with van der Waals surface area (Å²) in [5.74, 6) is 0.280. The maximum absolute atomic E-state index is 13.2. The average Bonchev–Trinajstić information content (AvgIpc) is 3.32. The van der Waals surface area contributed by atoms with E-state index in [0.717, 1.165) is 48.7 Å². The quantitative estimate of drug-likeness (QED) is 0.457. The van der Waals surface area contributed by atoms with E-state index in [0.29, 0.717) is 10.6 Å². The first kappa shape index (κ1) is 24.8. The van der Waals surface area contributed by atoms with Gasteiger partial charge in [-0.1, -0.05) is 30.3 Å². The number of nitrogens with zero attached hydrogens (tertiary/aromatic N) is 2. The van der Waals surface area contributed by atoms with E-state index in [1.807, 2.05) is 54.8 Å². The number of carbonyl (C=O) groups excluding carboxylic acids is 2. The van der Waals surface area contributed by atoms with E-state index in [1.165, 1.54) is 11.3 Å². The first-order chi connectivity index (χ1) is 17.0. The number of carbonyl (C=O) groups is 2. The van der Waals surface area contributed by atoms with Crippen LogP contribution >= 0.6 is 11.3 Å². The zero-order valence-electron chi connectivity index (χ0n) is 20.3. The van der Waals surface area contributed by atoms with Gasteiger partial charge in [0, 0.05) is 42.8 Å². The maximum atomic E-state index is 13.2. The fraction of sp³-hybridized carbons (Fsp3) is 0.333. The lowest BCUT2D eigenvalue weighted by atomic mass is 10.0. The molecule has 7 nitrogen and oxygen atoms in total. The SMILES string of the molecule is CCOC(=O)c1c(-c2ccccc2)csc1NC(=O)C(C)N1CCN(c2ccc(OC)cc2)CC1. The van der Waals surface area contributed by atoms with Crippen molar-refractivity contribution in [2.24, 2.45) is 0 Å². The molecule has 1 saturated heterocycles. The highest BCUT2D eigenvalue weighted by Crippen LogP contribution is 2.36. The Bertz CT molecular complexity index is 1140. The Hall–Kier alpha value is -3.36. The summed E-state index contributed by atoms with van der Waals surface area (Å²) < 4.78 is 10.6. The minimum absolute atomic E-state index is 0.130. The third-order valence-electron chi connectivity index (χ3n) is 6.27. The van der Waals surface area contributed by atoms with Gasteiger partial charge in [0.25, 0.3) is 0 Å². The molecule has 1 amide bonds. The van der Waals surface area contributed by atoms with Gasteiger partial charge >= 0.3 is 5.97 Å². The van der Waals surface area contributed by atoms with Gasteiger partial charge in [-0.3, -0.25) is 9.69 Å². The minimum Gasteiger partial charge on any atom is -0.497 e. The Morgan fingerprint density at radius 2 is 1.71 bits per heavy atom. The number of anilines is 2. The van der Waals surface area contributed by atoms with Gasteiger partial charge in [-0.25, -0.2) is 4.79 Å². The van der Waals surface area contributed by atoms with Crippen LogP contribution < -0.4 is 15.0 Å². The number of nitrogens with one attached hydrogen (secondary N) is 1. The Kier molecular flexibility index (Phi) is 8.05. The third-order valence-corrected chi connectivity index (χ3v) is 7.17. The molecule has 0 spiro atoms. The fourth-order valence-corrected chi connectivity index (χ4v) is 5.19. The molecule has 35 heavy (non-hydrogen) atoms. The van der Waals surface area contributed by atoms with E-state index >= 15 is 0 Å². The number of amides is 1. The van der Waals surface area contributed by atoms with Gasteiger partial charge in [0.2, 0.25) is 5.91 Å². The molecular weight excluding hydrogens is 462 g/mol. The van der Waals surface area contributed by atoms with Crippen molar-refractivity contribution < 1.29 is 19.1 Å². The first-order valence-electron chi connectivity index (χ1n) is 11.8. The average molecular weight is 494 g/mol. The molecule has 3 aromatic rings. The molecule has 1 aromatic heterocycles. The molecule has 0 radical (unpaired) electrons. The van der Waals surface area contributed by atoms with Crippen molar-refractivity contribution in [2.45, 2.75) is 19.9 Å². The first-order valence-corrected chi connectivity index (χ1v) is 12.7. The van der Waals surface area contributed by atoms with Crippen LogP contribution in [0.5, 0.6) is 5.75 Å². The molecule has 2 heterocycles. The number of thiophene rings is 1. The van der Waals surface area contributed by atoms with Gasteiger partial charge < -0.3 is 19.7 Å². The lowest BCUT2D eigenvalue weighted by molar-refractivity contribution is -0.120. The molecule has 2 aromatic carbocycles. The van der Waals surface area contributed by atoms with Crippen molar-refractivity contribution in [3.63, 3.8) is 0 Å². The van der Waals surface area contributed by atoms with Crippen molar-refractivity contribution in [2.75, 3.05) is 50.1 Å². The second-order valence-corrected chi connectivity index (χ2v) is 9.21. The van der Waals surface area contributed by atoms with Crippen molar-refractivity contribution >= 4 is 33.9 Å². The molecule has 1 fully saturated rings. The summed E-state index contributed by atoms with van der Waals surface area (Å²) in [7, 11) is 1.66. The number of hydrogen-bond donors (Lipinski definition) is 1.